The molecule has 1 aliphatic heterocycles. The lowest BCUT2D eigenvalue weighted by Crippen LogP contribution is -2.41. The third-order valence-corrected chi connectivity index (χ3v) is 3.72. The summed E-state index contributed by atoms with van der Waals surface area (Å²) >= 11 is 0. The normalized spacial score (nSPS) is 26.8. The molecule has 1 rings (SSSR count). The van der Waals surface area contributed by atoms with Crippen molar-refractivity contribution in [1.29, 1.82) is 0 Å². The molecule has 3 N–H and O–H groups in total. The molecule has 0 aromatic heterocycles. The standard InChI is InChI=1S/C15H28O6/c1-2-3-4-5-6-7-8-13(18)20-10-12(17)15-14(19)11(16)9-21-15/h11-12,14-17,19H,2-10H2,1H3. The second-order valence-electron chi connectivity index (χ2n) is 5.62. The molecule has 0 aromatic rings. The minimum atomic E-state index is -1.14. The minimum Gasteiger partial charge on any atom is -0.463 e. The van der Waals surface area contributed by atoms with E-state index in [0.717, 1.165) is 19.3 Å². The summed E-state index contributed by atoms with van der Waals surface area (Å²) in [5.41, 5.74) is 0. The molecular weight excluding hydrogens is 276 g/mol. The molecule has 124 valence electrons. The van der Waals surface area contributed by atoms with Crippen molar-refractivity contribution >= 4 is 5.97 Å². The zero-order valence-electron chi connectivity index (χ0n) is 12.7. The Kier molecular flexibility index (Phi) is 8.84. The number of esters is 1. The molecule has 1 heterocycles. The van der Waals surface area contributed by atoms with E-state index in [0.29, 0.717) is 6.42 Å². The average molecular weight is 304 g/mol. The van der Waals surface area contributed by atoms with Gasteiger partial charge in [0.1, 0.15) is 31.0 Å². The second kappa shape index (κ2) is 10.1. The van der Waals surface area contributed by atoms with Gasteiger partial charge in [-0.15, -0.1) is 0 Å². The van der Waals surface area contributed by atoms with Gasteiger partial charge >= 0.3 is 5.97 Å². The van der Waals surface area contributed by atoms with Crippen LogP contribution in [0.2, 0.25) is 0 Å². The predicted molar refractivity (Wildman–Crippen MR) is 76.7 cm³/mol. The molecule has 0 saturated carbocycles. The molecule has 1 saturated heterocycles. The van der Waals surface area contributed by atoms with Crippen molar-refractivity contribution < 1.29 is 29.6 Å². The van der Waals surface area contributed by atoms with Crippen LogP contribution >= 0.6 is 0 Å². The monoisotopic (exact) mass is 304 g/mol. The highest BCUT2D eigenvalue weighted by atomic mass is 16.6. The number of hydrogen-bond acceptors (Lipinski definition) is 6. The third-order valence-electron chi connectivity index (χ3n) is 3.72. The zero-order valence-corrected chi connectivity index (χ0v) is 12.7. The lowest BCUT2D eigenvalue weighted by molar-refractivity contribution is -0.151. The van der Waals surface area contributed by atoms with E-state index in [1.54, 1.807) is 0 Å². The summed E-state index contributed by atoms with van der Waals surface area (Å²) in [5.74, 6) is -0.349. The Morgan fingerprint density at radius 3 is 2.52 bits per heavy atom. The SMILES string of the molecule is CCCCCCCCC(=O)OCC(O)C1OCC(O)C1O. The first-order chi connectivity index (χ1) is 10.1. The van der Waals surface area contributed by atoms with Crippen LogP contribution in [0.1, 0.15) is 51.9 Å². The first-order valence-electron chi connectivity index (χ1n) is 7.87. The van der Waals surface area contributed by atoms with Gasteiger partial charge in [0.25, 0.3) is 0 Å². The van der Waals surface area contributed by atoms with Gasteiger partial charge in [0.05, 0.1) is 6.61 Å². The maximum absolute atomic E-state index is 11.5. The van der Waals surface area contributed by atoms with Crippen molar-refractivity contribution in [2.75, 3.05) is 13.2 Å². The van der Waals surface area contributed by atoms with E-state index < -0.39 is 24.4 Å². The molecule has 4 atom stereocenters. The Morgan fingerprint density at radius 1 is 1.24 bits per heavy atom. The van der Waals surface area contributed by atoms with Crippen molar-refractivity contribution in [1.82, 2.24) is 0 Å². The van der Waals surface area contributed by atoms with Gasteiger partial charge in [-0.05, 0) is 6.42 Å². The summed E-state index contributed by atoms with van der Waals surface area (Å²) in [6.07, 6.45) is 2.74. The third kappa shape index (κ3) is 6.74. The number of rotatable bonds is 10. The van der Waals surface area contributed by atoms with Gasteiger partial charge in [0, 0.05) is 6.42 Å². The molecule has 0 amide bonds. The van der Waals surface area contributed by atoms with Crippen LogP contribution in [-0.4, -0.2) is 58.9 Å². The first-order valence-corrected chi connectivity index (χ1v) is 7.87. The van der Waals surface area contributed by atoms with E-state index in [-0.39, 0.29) is 19.2 Å². The smallest absolute Gasteiger partial charge is 0.305 e. The number of ether oxygens (including phenoxy) is 2. The summed E-state index contributed by atoms with van der Waals surface area (Å²) in [7, 11) is 0. The molecule has 6 nitrogen and oxygen atoms in total. The van der Waals surface area contributed by atoms with Gasteiger partial charge in [-0.1, -0.05) is 39.0 Å². The van der Waals surface area contributed by atoms with Crippen LogP contribution < -0.4 is 0 Å². The molecule has 0 radical (unpaired) electrons. The molecule has 1 aliphatic rings. The summed E-state index contributed by atoms with van der Waals surface area (Å²) in [4.78, 5) is 11.5. The summed E-state index contributed by atoms with van der Waals surface area (Å²) < 4.78 is 10.0. The van der Waals surface area contributed by atoms with Crippen LogP contribution in [0.25, 0.3) is 0 Å². The van der Waals surface area contributed by atoms with Gasteiger partial charge in [-0.2, -0.15) is 0 Å². The Hall–Kier alpha value is -0.690. The first kappa shape index (κ1) is 18.4. The Morgan fingerprint density at radius 2 is 1.90 bits per heavy atom. The number of aliphatic hydroxyl groups excluding tert-OH is 3. The molecule has 21 heavy (non-hydrogen) atoms. The van der Waals surface area contributed by atoms with Crippen LogP contribution in [0.5, 0.6) is 0 Å². The summed E-state index contributed by atoms with van der Waals surface area (Å²) in [5, 5.41) is 28.6. The Labute approximate surface area is 126 Å². The van der Waals surface area contributed by atoms with Crippen LogP contribution in [0.15, 0.2) is 0 Å². The highest BCUT2D eigenvalue weighted by molar-refractivity contribution is 5.69. The number of carbonyl (C=O) groups is 1. The summed E-state index contributed by atoms with van der Waals surface area (Å²) in [6.45, 7) is 1.92. The van der Waals surface area contributed by atoms with Crippen LogP contribution in [0, 0.1) is 0 Å². The van der Waals surface area contributed by atoms with Gasteiger partial charge in [-0.3, -0.25) is 4.79 Å². The minimum absolute atomic E-state index is 0.0192. The fourth-order valence-electron chi connectivity index (χ4n) is 2.36. The van der Waals surface area contributed by atoms with Crippen molar-refractivity contribution in [2.24, 2.45) is 0 Å². The van der Waals surface area contributed by atoms with Gasteiger partial charge in [0.15, 0.2) is 0 Å². The molecule has 4 unspecified atom stereocenters. The molecule has 0 aliphatic carbocycles. The molecule has 0 spiro atoms. The molecule has 1 fully saturated rings. The van der Waals surface area contributed by atoms with Gasteiger partial charge in [0.2, 0.25) is 0 Å². The van der Waals surface area contributed by atoms with Gasteiger partial charge < -0.3 is 24.8 Å². The van der Waals surface area contributed by atoms with E-state index in [9.17, 15) is 20.1 Å². The number of hydrogen-bond donors (Lipinski definition) is 3. The summed E-state index contributed by atoms with van der Waals surface area (Å²) in [6, 6.07) is 0. The number of aliphatic hydroxyl groups is 3. The van der Waals surface area contributed by atoms with E-state index in [2.05, 4.69) is 6.92 Å². The second-order valence-corrected chi connectivity index (χ2v) is 5.62. The van der Waals surface area contributed by atoms with E-state index in [1.165, 1.54) is 19.3 Å². The Balaban J connectivity index is 2.07. The van der Waals surface area contributed by atoms with Crippen LogP contribution in [-0.2, 0) is 14.3 Å². The predicted octanol–water partition coefficient (Wildman–Crippen LogP) is 0.762. The van der Waals surface area contributed by atoms with Crippen molar-refractivity contribution in [3.8, 4) is 0 Å². The molecule has 0 bridgehead atoms. The molecule has 0 aromatic carbocycles. The number of carbonyl (C=O) groups excluding carboxylic acids is 1. The lowest BCUT2D eigenvalue weighted by atomic mass is 10.1. The van der Waals surface area contributed by atoms with E-state index >= 15 is 0 Å². The Bertz CT molecular complexity index is 296. The fourth-order valence-corrected chi connectivity index (χ4v) is 2.36. The highest BCUT2D eigenvalue weighted by Crippen LogP contribution is 2.18. The fraction of sp³-hybridized carbons (Fsp3) is 0.933. The molecular formula is C15H28O6. The van der Waals surface area contributed by atoms with E-state index in [4.69, 9.17) is 9.47 Å². The van der Waals surface area contributed by atoms with Crippen molar-refractivity contribution in [3.05, 3.63) is 0 Å². The van der Waals surface area contributed by atoms with Crippen LogP contribution in [0.4, 0.5) is 0 Å². The quantitative estimate of drug-likeness (QED) is 0.407. The van der Waals surface area contributed by atoms with E-state index in [1.807, 2.05) is 0 Å². The number of unbranched alkanes of at least 4 members (excludes halogenated alkanes) is 5. The van der Waals surface area contributed by atoms with Crippen LogP contribution in [0.3, 0.4) is 0 Å². The largest absolute Gasteiger partial charge is 0.463 e. The topological polar surface area (TPSA) is 96.2 Å². The lowest BCUT2D eigenvalue weighted by Gasteiger charge is -2.20. The van der Waals surface area contributed by atoms with Gasteiger partial charge in [-0.25, -0.2) is 0 Å². The zero-order chi connectivity index (χ0) is 15.7. The maximum Gasteiger partial charge on any atom is 0.305 e. The molecule has 6 heteroatoms. The average Bonchev–Trinajstić information content (AvgIpc) is 2.80. The maximum atomic E-state index is 11.5. The van der Waals surface area contributed by atoms with Crippen molar-refractivity contribution in [2.45, 2.75) is 76.3 Å². The van der Waals surface area contributed by atoms with Crippen molar-refractivity contribution in [3.63, 3.8) is 0 Å². The highest BCUT2D eigenvalue weighted by Gasteiger charge is 2.39.